The summed E-state index contributed by atoms with van der Waals surface area (Å²) in [6.45, 7) is 2.97. The van der Waals surface area contributed by atoms with Gasteiger partial charge in [0, 0.05) is 23.6 Å². The maximum atomic E-state index is 12.6. The second kappa shape index (κ2) is 9.35. The first kappa shape index (κ1) is 19.8. The number of ether oxygens (including phenoxy) is 1. The van der Waals surface area contributed by atoms with E-state index in [4.69, 9.17) is 4.74 Å². The van der Waals surface area contributed by atoms with Crippen LogP contribution in [-0.4, -0.2) is 46.8 Å². The van der Waals surface area contributed by atoms with E-state index in [0.29, 0.717) is 32.1 Å². The molecule has 1 saturated heterocycles. The van der Waals surface area contributed by atoms with E-state index in [9.17, 15) is 4.79 Å². The van der Waals surface area contributed by atoms with Gasteiger partial charge in [-0.3, -0.25) is 9.69 Å². The lowest BCUT2D eigenvalue weighted by atomic mass is 10.1. The normalized spacial score (nSPS) is 17.2. The molecule has 3 aromatic rings. The number of amides is 1. The number of carbonyl (C=O) groups excluding carboxylic acids is 1. The Hall–Kier alpha value is -2.48. The molecule has 0 aliphatic carbocycles. The topological polar surface area (TPSA) is 59.4 Å². The number of anilines is 1. The van der Waals surface area contributed by atoms with Crippen LogP contribution in [0.2, 0.25) is 0 Å². The standard InChI is InChI=1S/C22H23BrN4O2/c23-19-8-4-7-18(13-19)20-15-26(11-12-29-20)16-22(28)25-21-9-10-24-27(21)14-17-5-2-1-3-6-17/h1-10,13,20H,11-12,14-16H2,(H,25,28). The van der Waals surface area contributed by atoms with Crippen LogP contribution >= 0.6 is 15.9 Å². The van der Waals surface area contributed by atoms with Gasteiger partial charge in [-0.15, -0.1) is 0 Å². The average Bonchev–Trinajstić information content (AvgIpc) is 3.15. The molecule has 4 rings (SSSR count). The molecule has 1 unspecified atom stereocenters. The molecule has 1 aromatic heterocycles. The van der Waals surface area contributed by atoms with Crippen molar-refractivity contribution in [3.8, 4) is 0 Å². The van der Waals surface area contributed by atoms with Crippen LogP contribution in [0, 0.1) is 0 Å². The van der Waals surface area contributed by atoms with Gasteiger partial charge >= 0.3 is 0 Å². The summed E-state index contributed by atoms with van der Waals surface area (Å²) in [4.78, 5) is 14.8. The molecule has 1 atom stereocenters. The van der Waals surface area contributed by atoms with Gasteiger partial charge in [0.1, 0.15) is 5.82 Å². The van der Waals surface area contributed by atoms with E-state index in [2.05, 4.69) is 43.4 Å². The minimum Gasteiger partial charge on any atom is -0.371 e. The van der Waals surface area contributed by atoms with Gasteiger partial charge in [-0.25, -0.2) is 4.68 Å². The zero-order valence-corrected chi connectivity index (χ0v) is 17.6. The fourth-order valence-corrected chi connectivity index (χ4v) is 3.88. The van der Waals surface area contributed by atoms with Crippen molar-refractivity contribution in [3.63, 3.8) is 0 Å². The van der Waals surface area contributed by atoms with Crippen LogP contribution in [0.15, 0.2) is 71.3 Å². The van der Waals surface area contributed by atoms with Crippen molar-refractivity contribution in [1.29, 1.82) is 0 Å². The van der Waals surface area contributed by atoms with Crippen molar-refractivity contribution in [1.82, 2.24) is 14.7 Å². The summed E-state index contributed by atoms with van der Waals surface area (Å²) in [6, 6.07) is 20.0. The number of nitrogens with zero attached hydrogens (tertiary/aromatic N) is 3. The van der Waals surface area contributed by atoms with E-state index in [0.717, 1.165) is 22.1 Å². The lowest BCUT2D eigenvalue weighted by Crippen LogP contribution is -2.42. The van der Waals surface area contributed by atoms with Crippen molar-refractivity contribution in [2.45, 2.75) is 12.6 Å². The summed E-state index contributed by atoms with van der Waals surface area (Å²) >= 11 is 3.51. The Bertz CT molecular complexity index is 960. The lowest BCUT2D eigenvalue weighted by molar-refractivity contribution is -0.119. The zero-order valence-electron chi connectivity index (χ0n) is 16.0. The van der Waals surface area contributed by atoms with Crippen molar-refractivity contribution < 1.29 is 9.53 Å². The van der Waals surface area contributed by atoms with Crippen LogP contribution in [0.3, 0.4) is 0 Å². The van der Waals surface area contributed by atoms with Gasteiger partial charge in [-0.2, -0.15) is 5.10 Å². The highest BCUT2D eigenvalue weighted by atomic mass is 79.9. The number of halogens is 1. The van der Waals surface area contributed by atoms with Crippen molar-refractivity contribution in [3.05, 3.63) is 82.5 Å². The number of morpholine rings is 1. The lowest BCUT2D eigenvalue weighted by Gasteiger charge is -2.32. The first-order valence-corrected chi connectivity index (χ1v) is 10.4. The maximum absolute atomic E-state index is 12.6. The molecule has 150 valence electrons. The molecule has 29 heavy (non-hydrogen) atoms. The monoisotopic (exact) mass is 454 g/mol. The Morgan fingerprint density at radius 1 is 1.17 bits per heavy atom. The van der Waals surface area contributed by atoms with Crippen LogP contribution in [0.25, 0.3) is 0 Å². The minimum atomic E-state index is -0.0466. The second-order valence-corrected chi connectivity index (χ2v) is 7.97. The molecule has 0 bridgehead atoms. The first-order valence-electron chi connectivity index (χ1n) is 9.62. The van der Waals surface area contributed by atoms with Crippen molar-refractivity contribution >= 4 is 27.7 Å². The number of benzene rings is 2. The summed E-state index contributed by atoms with van der Waals surface area (Å²) in [5.74, 6) is 0.658. The summed E-state index contributed by atoms with van der Waals surface area (Å²) < 4.78 is 8.74. The predicted octanol–water partition coefficient (Wildman–Crippen LogP) is 3.71. The third-order valence-corrected chi connectivity index (χ3v) is 5.39. The van der Waals surface area contributed by atoms with Gasteiger partial charge < -0.3 is 10.1 Å². The van der Waals surface area contributed by atoms with Gasteiger partial charge in [0.05, 0.1) is 32.0 Å². The van der Waals surface area contributed by atoms with Crippen LogP contribution in [0.1, 0.15) is 17.2 Å². The maximum Gasteiger partial charge on any atom is 0.239 e. The molecule has 2 heterocycles. The van der Waals surface area contributed by atoms with Gasteiger partial charge in [0.2, 0.25) is 5.91 Å². The molecule has 1 amide bonds. The van der Waals surface area contributed by atoms with Gasteiger partial charge in [-0.1, -0.05) is 58.4 Å². The number of carbonyl (C=O) groups is 1. The van der Waals surface area contributed by atoms with E-state index >= 15 is 0 Å². The smallest absolute Gasteiger partial charge is 0.239 e. The van der Waals surface area contributed by atoms with Gasteiger partial charge in [0.25, 0.3) is 0 Å². The third kappa shape index (κ3) is 5.32. The molecule has 1 aliphatic heterocycles. The SMILES string of the molecule is O=C(CN1CCOC(c2cccc(Br)c2)C1)Nc1ccnn1Cc1ccccc1. The molecular weight excluding hydrogens is 432 g/mol. The highest BCUT2D eigenvalue weighted by molar-refractivity contribution is 9.10. The minimum absolute atomic E-state index is 0.0299. The van der Waals surface area contributed by atoms with Crippen LogP contribution < -0.4 is 5.32 Å². The van der Waals surface area contributed by atoms with Crippen molar-refractivity contribution in [2.24, 2.45) is 0 Å². The van der Waals surface area contributed by atoms with E-state index in [1.54, 1.807) is 10.9 Å². The van der Waals surface area contributed by atoms with E-state index in [1.807, 2.05) is 48.5 Å². The number of nitrogens with one attached hydrogen (secondary N) is 1. The molecule has 0 radical (unpaired) electrons. The van der Waals surface area contributed by atoms with Crippen LogP contribution in [0.5, 0.6) is 0 Å². The Kier molecular flexibility index (Phi) is 6.39. The first-order chi connectivity index (χ1) is 14.2. The van der Waals surface area contributed by atoms with E-state index < -0.39 is 0 Å². The van der Waals surface area contributed by atoms with E-state index in [1.165, 1.54) is 0 Å². The van der Waals surface area contributed by atoms with Crippen LogP contribution in [0.4, 0.5) is 5.82 Å². The molecule has 1 N–H and O–H groups in total. The quantitative estimate of drug-likeness (QED) is 0.616. The highest BCUT2D eigenvalue weighted by Gasteiger charge is 2.24. The Balaban J connectivity index is 1.35. The number of hydrogen-bond donors (Lipinski definition) is 1. The molecule has 1 aliphatic rings. The number of rotatable bonds is 6. The van der Waals surface area contributed by atoms with E-state index in [-0.39, 0.29) is 12.0 Å². The van der Waals surface area contributed by atoms with Gasteiger partial charge in [-0.05, 0) is 23.3 Å². The molecule has 0 saturated carbocycles. The Morgan fingerprint density at radius 2 is 2.03 bits per heavy atom. The zero-order chi connectivity index (χ0) is 20.1. The fraction of sp³-hybridized carbons (Fsp3) is 0.273. The average molecular weight is 455 g/mol. The number of aromatic nitrogens is 2. The molecule has 0 spiro atoms. The summed E-state index contributed by atoms with van der Waals surface area (Å²) in [5, 5.41) is 7.33. The molecular formula is C22H23BrN4O2. The molecule has 2 aromatic carbocycles. The summed E-state index contributed by atoms with van der Waals surface area (Å²) in [5.41, 5.74) is 2.25. The van der Waals surface area contributed by atoms with Crippen LogP contribution in [-0.2, 0) is 16.1 Å². The Morgan fingerprint density at radius 3 is 2.86 bits per heavy atom. The fourth-order valence-electron chi connectivity index (χ4n) is 3.46. The van der Waals surface area contributed by atoms with Gasteiger partial charge in [0.15, 0.2) is 0 Å². The molecule has 6 nitrogen and oxygen atoms in total. The molecule has 1 fully saturated rings. The predicted molar refractivity (Wildman–Crippen MR) is 116 cm³/mol. The highest BCUT2D eigenvalue weighted by Crippen LogP contribution is 2.24. The summed E-state index contributed by atoms with van der Waals surface area (Å²) in [6.07, 6.45) is 1.67. The molecule has 7 heteroatoms. The third-order valence-electron chi connectivity index (χ3n) is 4.90. The summed E-state index contributed by atoms with van der Waals surface area (Å²) in [7, 11) is 0. The van der Waals surface area contributed by atoms with Crippen molar-refractivity contribution in [2.75, 3.05) is 31.6 Å². The number of hydrogen-bond acceptors (Lipinski definition) is 4. The Labute approximate surface area is 178 Å². The second-order valence-electron chi connectivity index (χ2n) is 7.06. The largest absolute Gasteiger partial charge is 0.371 e.